The third-order valence-corrected chi connectivity index (χ3v) is 3.22. The molecule has 2 atom stereocenters. The summed E-state index contributed by atoms with van der Waals surface area (Å²) < 4.78 is 16.2. The second-order valence-electron chi connectivity index (χ2n) is 4.64. The molecule has 5 heteroatoms. The van der Waals surface area contributed by atoms with Crippen LogP contribution in [0.2, 0.25) is 0 Å². The second-order valence-corrected chi connectivity index (χ2v) is 4.64. The molecule has 0 aromatic heterocycles. The summed E-state index contributed by atoms with van der Waals surface area (Å²) >= 11 is 0. The lowest BCUT2D eigenvalue weighted by Gasteiger charge is -2.11. The number of hydrogen-bond donors (Lipinski definition) is 1. The molecule has 1 heterocycles. The van der Waals surface area contributed by atoms with Crippen molar-refractivity contribution < 1.29 is 24.1 Å². The number of ether oxygens (including phenoxy) is 3. The normalized spacial score (nSPS) is 19.9. The van der Waals surface area contributed by atoms with Crippen molar-refractivity contribution in [2.45, 2.75) is 12.2 Å². The van der Waals surface area contributed by atoms with E-state index in [2.05, 4.69) is 0 Å². The molecule has 108 valence electrons. The molecular weight excluding hydrogens is 272 g/mol. The fraction of sp³-hybridized carbons (Fsp3) is 0.188. The minimum atomic E-state index is -0.957. The first-order chi connectivity index (χ1) is 10.2. The number of epoxide rings is 1. The Labute approximate surface area is 121 Å². The van der Waals surface area contributed by atoms with Gasteiger partial charge in [0.1, 0.15) is 11.9 Å². The summed E-state index contributed by atoms with van der Waals surface area (Å²) in [5, 5.41) is 8.91. The molecule has 0 spiro atoms. The molecule has 1 aliphatic rings. The van der Waals surface area contributed by atoms with Gasteiger partial charge in [-0.25, -0.2) is 4.79 Å². The number of para-hydroxylation sites is 1. The van der Waals surface area contributed by atoms with Gasteiger partial charge in [-0.1, -0.05) is 24.3 Å². The molecule has 1 fully saturated rings. The van der Waals surface area contributed by atoms with Crippen LogP contribution in [-0.4, -0.2) is 24.3 Å². The van der Waals surface area contributed by atoms with Crippen LogP contribution in [0.1, 0.15) is 11.7 Å². The van der Waals surface area contributed by atoms with Gasteiger partial charge in [-0.3, -0.25) is 0 Å². The van der Waals surface area contributed by atoms with Gasteiger partial charge in [-0.2, -0.15) is 0 Å². The Morgan fingerprint density at radius 1 is 1.14 bits per heavy atom. The summed E-state index contributed by atoms with van der Waals surface area (Å²) in [6.07, 6.45) is -1.20. The van der Waals surface area contributed by atoms with E-state index in [1.54, 1.807) is 25.3 Å². The molecule has 0 bridgehead atoms. The summed E-state index contributed by atoms with van der Waals surface area (Å²) in [4.78, 5) is 10.9. The summed E-state index contributed by atoms with van der Waals surface area (Å²) in [5.41, 5.74) is 0.758. The number of methoxy groups -OCH3 is 1. The van der Waals surface area contributed by atoms with Crippen LogP contribution in [0.3, 0.4) is 0 Å². The molecular formula is C16H14O5. The quantitative estimate of drug-likeness (QED) is 0.856. The Morgan fingerprint density at radius 2 is 1.90 bits per heavy atom. The average Bonchev–Trinajstić information content (AvgIpc) is 3.29. The van der Waals surface area contributed by atoms with Crippen LogP contribution in [-0.2, 0) is 9.53 Å². The number of carbonyl (C=O) groups is 1. The fourth-order valence-corrected chi connectivity index (χ4v) is 2.12. The van der Waals surface area contributed by atoms with Gasteiger partial charge in [0, 0.05) is 0 Å². The second kappa shape index (κ2) is 5.46. The maximum absolute atomic E-state index is 10.9. The van der Waals surface area contributed by atoms with E-state index in [9.17, 15) is 4.79 Å². The van der Waals surface area contributed by atoms with Crippen molar-refractivity contribution in [3.8, 4) is 17.2 Å². The van der Waals surface area contributed by atoms with Crippen molar-refractivity contribution in [2.24, 2.45) is 0 Å². The van der Waals surface area contributed by atoms with Gasteiger partial charge >= 0.3 is 5.97 Å². The third kappa shape index (κ3) is 2.83. The lowest BCUT2D eigenvalue weighted by atomic mass is 10.1. The van der Waals surface area contributed by atoms with Gasteiger partial charge < -0.3 is 19.3 Å². The predicted molar refractivity (Wildman–Crippen MR) is 74.8 cm³/mol. The van der Waals surface area contributed by atoms with E-state index in [1.807, 2.05) is 30.3 Å². The predicted octanol–water partition coefficient (Wildman–Crippen LogP) is 3.01. The minimum Gasteiger partial charge on any atom is -0.493 e. The minimum absolute atomic E-state index is 0.425. The molecule has 0 radical (unpaired) electrons. The van der Waals surface area contributed by atoms with Gasteiger partial charge in [0.2, 0.25) is 0 Å². The van der Waals surface area contributed by atoms with Crippen LogP contribution >= 0.6 is 0 Å². The number of carboxylic acid groups (broad SMARTS) is 1. The lowest BCUT2D eigenvalue weighted by Crippen LogP contribution is -2.05. The highest BCUT2D eigenvalue weighted by molar-refractivity contribution is 5.76. The monoisotopic (exact) mass is 286 g/mol. The zero-order chi connectivity index (χ0) is 14.8. The van der Waals surface area contributed by atoms with Gasteiger partial charge in [-0.15, -0.1) is 0 Å². The average molecular weight is 286 g/mol. The molecule has 0 saturated carbocycles. The topological polar surface area (TPSA) is 68.3 Å². The molecule has 2 aromatic carbocycles. The zero-order valence-corrected chi connectivity index (χ0v) is 11.4. The highest BCUT2D eigenvalue weighted by atomic mass is 16.6. The number of aliphatic carboxylic acids is 1. The highest BCUT2D eigenvalue weighted by Crippen LogP contribution is 2.42. The maximum atomic E-state index is 10.9. The Kier molecular flexibility index (Phi) is 3.50. The SMILES string of the molecule is COc1ccc([C@H]2O[C@H]2C(=O)O)cc1Oc1ccccc1. The molecule has 1 aliphatic heterocycles. The standard InChI is InChI=1S/C16H14O5/c1-19-12-8-7-10(14-15(21-14)16(17)18)9-13(12)20-11-5-3-2-4-6-11/h2-9,14-15H,1H3,(H,17,18)/t14-,15-/m1/s1. The van der Waals surface area contributed by atoms with Crippen molar-refractivity contribution in [2.75, 3.05) is 7.11 Å². The van der Waals surface area contributed by atoms with E-state index in [0.717, 1.165) is 5.56 Å². The van der Waals surface area contributed by atoms with Crippen molar-refractivity contribution in [3.05, 3.63) is 54.1 Å². The van der Waals surface area contributed by atoms with Gasteiger partial charge in [0.25, 0.3) is 0 Å². The highest BCUT2D eigenvalue weighted by Gasteiger charge is 2.46. The van der Waals surface area contributed by atoms with Crippen LogP contribution in [0.25, 0.3) is 0 Å². The Morgan fingerprint density at radius 3 is 2.52 bits per heavy atom. The maximum Gasteiger partial charge on any atom is 0.335 e. The van der Waals surface area contributed by atoms with Crippen LogP contribution in [0.15, 0.2) is 48.5 Å². The number of hydrogen-bond acceptors (Lipinski definition) is 4. The molecule has 0 aliphatic carbocycles. The van der Waals surface area contributed by atoms with E-state index in [1.165, 1.54) is 0 Å². The molecule has 2 aromatic rings. The molecule has 1 N–H and O–H groups in total. The Hall–Kier alpha value is -2.53. The van der Waals surface area contributed by atoms with E-state index < -0.39 is 18.2 Å². The van der Waals surface area contributed by atoms with Crippen molar-refractivity contribution in [1.29, 1.82) is 0 Å². The van der Waals surface area contributed by atoms with Gasteiger partial charge in [0.15, 0.2) is 17.6 Å². The number of carboxylic acids is 1. The summed E-state index contributed by atoms with van der Waals surface area (Å²) in [7, 11) is 1.56. The first-order valence-corrected chi connectivity index (χ1v) is 6.48. The molecule has 5 nitrogen and oxygen atoms in total. The van der Waals surface area contributed by atoms with Crippen LogP contribution in [0.4, 0.5) is 0 Å². The number of benzene rings is 2. The first kappa shape index (κ1) is 13.5. The summed E-state index contributed by atoms with van der Waals surface area (Å²) in [6.45, 7) is 0. The largest absolute Gasteiger partial charge is 0.493 e. The van der Waals surface area contributed by atoms with Gasteiger partial charge in [0.05, 0.1) is 7.11 Å². The third-order valence-electron chi connectivity index (χ3n) is 3.22. The molecule has 1 saturated heterocycles. The molecule has 21 heavy (non-hydrogen) atoms. The van der Waals surface area contributed by atoms with E-state index in [0.29, 0.717) is 17.2 Å². The smallest absolute Gasteiger partial charge is 0.335 e. The Balaban J connectivity index is 1.86. The van der Waals surface area contributed by atoms with Crippen LogP contribution < -0.4 is 9.47 Å². The molecule has 0 unspecified atom stereocenters. The van der Waals surface area contributed by atoms with Crippen molar-refractivity contribution >= 4 is 5.97 Å². The van der Waals surface area contributed by atoms with Gasteiger partial charge in [-0.05, 0) is 29.8 Å². The van der Waals surface area contributed by atoms with Crippen molar-refractivity contribution in [1.82, 2.24) is 0 Å². The first-order valence-electron chi connectivity index (χ1n) is 6.48. The zero-order valence-electron chi connectivity index (χ0n) is 11.4. The Bertz CT molecular complexity index is 653. The van der Waals surface area contributed by atoms with Crippen LogP contribution in [0.5, 0.6) is 17.2 Å². The molecule has 0 amide bonds. The van der Waals surface area contributed by atoms with E-state index >= 15 is 0 Å². The summed E-state index contributed by atoms with van der Waals surface area (Å²) in [5.74, 6) is 0.830. The lowest BCUT2D eigenvalue weighted by molar-refractivity contribution is -0.138. The van der Waals surface area contributed by atoms with Crippen molar-refractivity contribution in [3.63, 3.8) is 0 Å². The fourth-order valence-electron chi connectivity index (χ4n) is 2.12. The number of rotatable bonds is 5. The summed E-state index contributed by atoms with van der Waals surface area (Å²) in [6, 6.07) is 14.6. The van der Waals surface area contributed by atoms with Crippen LogP contribution in [0, 0.1) is 0 Å². The van der Waals surface area contributed by atoms with E-state index in [-0.39, 0.29) is 0 Å². The molecule has 3 rings (SSSR count). The van der Waals surface area contributed by atoms with E-state index in [4.69, 9.17) is 19.3 Å².